The van der Waals surface area contributed by atoms with Gasteiger partial charge in [0, 0.05) is 20.1 Å². The summed E-state index contributed by atoms with van der Waals surface area (Å²) in [7, 11) is 1.76. The Morgan fingerprint density at radius 3 is 2.59 bits per heavy atom. The Balaban J connectivity index is 1.49. The Hall–Kier alpha value is -2.24. The highest BCUT2D eigenvalue weighted by Gasteiger charge is 2.24. The summed E-state index contributed by atoms with van der Waals surface area (Å²) in [5.74, 6) is 1.41. The van der Waals surface area contributed by atoms with Crippen molar-refractivity contribution in [2.24, 2.45) is 13.0 Å². The fourth-order valence-corrected chi connectivity index (χ4v) is 2.98. The number of nitrogens with zero attached hydrogens (tertiary/aromatic N) is 5. The van der Waals surface area contributed by atoms with E-state index in [1.807, 2.05) is 11.0 Å². The van der Waals surface area contributed by atoms with Gasteiger partial charge in [0.2, 0.25) is 5.91 Å². The molecular weight excluding hydrogens is 278 g/mol. The molecule has 1 aliphatic rings. The van der Waals surface area contributed by atoms with Crippen LogP contribution in [0.15, 0.2) is 30.3 Å². The SMILES string of the molecule is Cn1nnnc1CC(=O)N1CCC(Cc2ccccc2)CC1. The lowest BCUT2D eigenvalue weighted by molar-refractivity contribution is -0.132. The minimum atomic E-state index is 0.121. The van der Waals surface area contributed by atoms with Gasteiger partial charge in [-0.15, -0.1) is 5.10 Å². The van der Waals surface area contributed by atoms with Crippen LogP contribution in [0.2, 0.25) is 0 Å². The third-order valence-electron chi connectivity index (χ3n) is 4.35. The van der Waals surface area contributed by atoms with Crippen molar-refractivity contribution < 1.29 is 4.79 Å². The van der Waals surface area contributed by atoms with E-state index in [1.54, 1.807) is 11.7 Å². The molecule has 0 unspecified atom stereocenters. The monoisotopic (exact) mass is 299 g/mol. The summed E-state index contributed by atoms with van der Waals surface area (Å²) in [5.41, 5.74) is 1.39. The first-order chi connectivity index (χ1) is 10.7. The van der Waals surface area contributed by atoms with Crippen molar-refractivity contribution in [3.63, 3.8) is 0 Å². The molecule has 2 aromatic rings. The number of hydrogen-bond acceptors (Lipinski definition) is 4. The molecule has 6 nitrogen and oxygen atoms in total. The van der Waals surface area contributed by atoms with Gasteiger partial charge in [-0.1, -0.05) is 30.3 Å². The number of tetrazole rings is 1. The van der Waals surface area contributed by atoms with Gasteiger partial charge in [0.15, 0.2) is 5.82 Å². The second kappa shape index (κ2) is 6.68. The Morgan fingerprint density at radius 2 is 1.95 bits per heavy atom. The van der Waals surface area contributed by atoms with Crippen LogP contribution in [0.1, 0.15) is 24.2 Å². The van der Waals surface area contributed by atoms with Crippen molar-refractivity contribution in [1.82, 2.24) is 25.1 Å². The van der Waals surface area contributed by atoms with Crippen LogP contribution >= 0.6 is 0 Å². The van der Waals surface area contributed by atoms with E-state index in [0.717, 1.165) is 32.4 Å². The van der Waals surface area contributed by atoms with Crippen LogP contribution in [0.4, 0.5) is 0 Å². The first-order valence-corrected chi connectivity index (χ1v) is 7.75. The Bertz CT molecular complexity index is 616. The number of carbonyl (C=O) groups is 1. The van der Waals surface area contributed by atoms with Crippen molar-refractivity contribution in [2.75, 3.05) is 13.1 Å². The first-order valence-electron chi connectivity index (χ1n) is 7.75. The summed E-state index contributed by atoms with van der Waals surface area (Å²) in [6, 6.07) is 10.6. The molecule has 22 heavy (non-hydrogen) atoms. The summed E-state index contributed by atoms with van der Waals surface area (Å²) in [6.45, 7) is 1.67. The molecule has 0 aliphatic carbocycles. The highest BCUT2D eigenvalue weighted by Crippen LogP contribution is 2.22. The third kappa shape index (κ3) is 3.50. The van der Waals surface area contributed by atoms with E-state index in [2.05, 4.69) is 39.8 Å². The molecule has 1 aromatic carbocycles. The molecular formula is C16H21N5O. The van der Waals surface area contributed by atoms with E-state index in [9.17, 15) is 4.79 Å². The van der Waals surface area contributed by atoms with Crippen LogP contribution in [0.25, 0.3) is 0 Å². The second-order valence-corrected chi connectivity index (χ2v) is 5.91. The number of rotatable bonds is 4. The quantitative estimate of drug-likeness (QED) is 0.852. The summed E-state index contributed by atoms with van der Waals surface area (Å²) in [4.78, 5) is 14.2. The standard InChI is InChI=1S/C16H21N5O/c1-20-15(17-18-19-20)12-16(22)21-9-7-14(8-10-21)11-13-5-3-2-4-6-13/h2-6,14H,7-12H2,1H3. The van der Waals surface area contributed by atoms with Crippen LogP contribution in [0.3, 0.4) is 0 Å². The lowest BCUT2D eigenvalue weighted by Crippen LogP contribution is -2.40. The zero-order valence-electron chi connectivity index (χ0n) is 12.9. The normalized spacial score (nSPS) is 16.0. The number of aromatic nitrogens is 4. The van der Waals surface area contributed by atoms with Gasteiger partial charge in [0.1, 0.15) is 0 Å². The molecule has 0 saturated carbocycles. The predicted octanol–water partition coefficient (Wildman–Crippen LogP) is 1.23. The first kappa shape index (κ1) is 14.7. The van der Waals surface area contributed by atoms with Crippen LogP contribution in [-0.4, -0.2) is 44.1 Å². The van der Waals surface area contributed by atoms with Gasteiger partial charge in [0.25, 0.3) is 0 Å². The maximum atomic E-state index is 12.3. The molecule has 1 aromatic heterocycles. The number of likely N-dealkylation sites (tertiary alicyclic amines) is 1. The maximum Gasteiger partial charge on any atom is 0.230 e. The largest absolute Gasteiger partial charge is 0.342 e. The maximum absolute atomic E-state index is 12.3. The molecule has 0 atom stereocenters. The number of amides is 1. The van der Waals surface area contributed by atoms with Crippen molar-refractivity contribution in [3.8, 4) is 0 Å². The molecule has 2 heterocycles. The van der Waals surface area contributed by atoms with Crippen molar-refractivity contribution in [2.45, 2.75) is 25.7 Å². The Kier molecular flexibility index (Phi) is 4.46. The van der Waals surface area contributed by atoms with Gasteiger partial charge in [0.05, 0.1) is 6.42 Å². The number of hydrogen-bond donors (Lipinski definition) is 0. The average Bonchev–Trinajstić information content (AvgIpc) is 2.94. The number of aryl methyl sites for hydroxylation is 1. The fraction of sp³-hybridized carbons (Fsp3) is 0.500. The summed E-state index contributed by atoms with van der Waals surface area (Å²) in [5, 5.41) is 11.2. The molecule has 6 heteroatoms. The van der Waals surface area contributed by atoms with Gasteiger partial charge >= 0.3 is 0 Å². The van der Waals surface area contributed by atoms with E-state index in [0.29, 0.717) is 11.7 Å². The molecule has 0 spiro atoms. The number of benzene rings is 1. The lowest BCUT2D eigenvalue weighted by atomic mass is 9.90. The van der Waals surface area contributed by atoms with E-state index in [-0.39, 0.29) is 12.3 Å². The highest BCUT2D eigenvalue weighted by atomic mass is 16.2. The average molecular weight is 299 g/mol. The second-order valence-electron chi connectivity index (χ2n) is 5.91. The number of piperidine rings is 1. The zero-order chi connectivity index (χ0) is 15.4. The molecule has 1 saturated heterocycles. The van der Waals surface area contributed by atoms with Crippen molar-refractivity contribution in [1.29, 1.82) is 0 Å². The van der Waals surface area contributed by atoms with Gasteiger partial charge in [-0.2, -0.15) is 0 Å². The lowest BCUT2D eigenvalue weighted by Gasteiger charge is -2.32. The van der Waals surface area contributed by atoms with Crippen LogP contribution in [0, 0.1) is 5.92 Å². The molecule has 0 radical (unpaired) electrons. The Labute approximate surface area is 130 Å². The molecule has 116 valence electrons. The molecule has 1 amide bonds. The van der Waals surface area contributed by atoms with Crippen molar-refractivity contribution in [3.05, 3.63) is 41.7 Å². The summed E-state index contributed by atoms with van der Waals surface area (Å²) >= 11 is 0. The fourth-order valence-electron chi connectivity index (χ4n) is 2.98. The minimum absolute atomic E-state index is 0.121. The predicted molar refractivity (Wildman–Crippen MR) is 82.0 cm³/mol. The molecule has 0 bridgehead atoms. The number of carbonyl (C=O) groups excluding carboxylic acids is 1. The smallest absolute Gasteiger partial charge is 0.230 e. The van der Waals surface area contributed by atoms with Crippen LogP contribution in [-0.2, 0) is 24.7 Å². The summed E-state index contributed by atoms with van der Waals surface area (Å²) < 4.78 is 1.56. The molecule has 3 rings (SSSR count). The van der Waals surface area contributed by atoms with E-state index >= 15 is 0 Å². The molecule has 0 N–H and O–H groups in total. The molecule has 1 fully saturated rings. The third-order valence-corrected chi connectivity index (χ3v) is 4.35. The Morgan fingerprint density at radius 1 is 1.23 bits per heavy atom. The highest BCUT2D eigenvalue weighted by molar-refractivity contribution is 5.78. The molecule has 1 aliphatic heterocycles. The van der Waals surface area contributed by atoms with E-state index in [1.165, 1.54) is 5.56 Å². The van der Waals surface area contributed by atoms with Gasteiger partial charge < -0.3 is 4.90 Å². The van der Waals surface area contributed by atoms with Gasteiger partial charge in [-0.05, 0) is 41.2 Å². The summed E-state index contributed by atoms with van der Waals surface area (Å²) in [6.07, 6.45) is 3.53. The zero-order valence-corrected chi connectivity index (χ0v) is 12.9. The van der Waals surface area contributed by atoms with Crippen LogP contribution < -0.4 is 0 Å². The van der Waals surface area contributed by atoms with Crippen LogP contribution in [0.5, 0.6) is 0 Å². The minimum Gasteiger partial charge on any atom is -0.342 e. The topological polar surface area (TPSA) is 63.9 Å². The van der Waals surface area contributed by atoms with Gasteiger partial charge in [-0.3, -0.25) is 4.79 Å². The van der Waals surface area contributed by atoms with E-state index in [4.69, 9.17) is 0 Å². The van der Waals surface area contributed by atoms with Gasteiger partial charge in [-0.25, -0.2) is 4.68 Å². The van der Waals surface area contributed by atoms with E-state index < -0.39 is 0 Å². The van der Waals surface area contributed by atoms with Crippen molar-refractivity contribution >= 4 is 5.91 Å².